The van der Waals surface area contributed by atoms with Crippen LogP contribution in [-0.4, -0.2) is 45.7 Å². The largest absolute Gasteiger partial charge is 0.480 e. The highest BCUT2D eigenvalue weighted by atomic mass is 16.6. The van der Waals surface area contributed by atoms with E-state index < -0.39 is 24.2 Å². The summed E-state index contributed by atoms with van der Waals surface area (Å²) >= 11 is 0. The second kappa shape index (κ2) is 6.69. The van der Waals surface area contributed by atoms with E-state index in [1.165, 1.54) is 12.1 Å². The van der Waals surface area contributed by atoms with Crippen molar-refractivity contribution in [1.82, 2.24) is 4.98 Å². The number of carbonyl (C=O) groups excluding carboxylic acids is 1. The molecule has 0 aliphatic rings. The van der Waals surface area contributed by atoms with Gasteiger partial charge in [0.2, 0.25) is 0 Å². The third kappa shape index (κ3) is 5.47. The molecule has 0 spiro atoms. The molecule has 0 unspecified atom stereocenters. The molecule has 2 N–H and O–H groups in total. The van der Waals surface area contributed by atoms with Crippen LogP contribution in [0.4, 0.5) is 10.6 Å². The zero-order valence-electron chi connectivity index (χ0n) is 12.0. The third-order valence-corrected chi connectivity index (χ3v) is 2.13. The number of hydrogen-bond donors (Lipinski definition) is 2. The molecule has 0 aromatic carbocycles. The molecule has 0 atom stereocenters. The first-order chi connectivity index (χ1) is 9.73. The van der Waals surface area contributed by atoms with Crippen LogP contribution in [-0.2, 0) is 9.53 Å². The molecule has 21 heavy (non-hydrogen) atoms. The van der Waals surface area contributed by atoms with Crippen LogP contribution in [0.15, 0.2) is 23.4 Å². The molecule has 0 saturated heterocycles. The average molecular weight is 295 g/mol. The quantitative estimate of drug-likeness (QED) is 0.497. The average Bonchev–Trinajstić information content (AvgIpc) is 2.34. The van der Waals surface area contributed by atoms with Crippen molar-refractivity contribution in [3.8, 4) is 0 Å². The molecule has 8 heteroatoms. The van der Waals surface area contributed by atoms with Gasteiger partial charge >= 0.3 is 12.1 Å². The Morgan fingerprint density at radius 3 is 2.62 bits per heavy atom. The predicted octanol–water partition coefficient (Wildman–Crippen LogP) is 1.72. The molecule has 1 rings (SSSR count). The summed E-state index contributed by atoms with van der Waals surface area (Å²) in [6.07, 6.45) is 0.243. The predicted molar refractivity (Wildman–Crippen MR) is 74.8 cm³/mol. The Labute approximate surface area is 121 Å². The van der Waals surface area contributed by atoms with Gasteiger partial charge in [-0.05, 0) is 32.9 Å². The van der Waals surface area contributed by atoms with Crippen LogP contribution in [0.2, 0.25) is 0 Å². The minimum absolute atomic E-state index is 0.0871. The molecule has 8 nitrogen and oxygen atoms in total. The second-order valence-corrected chi connectivity index (χ2v) is 5.13. The van der Waals surface area contributed by atoms with E-state index >= 15 is 0 Å². The lowest BCUT2D eigenvalue weighted by molar-refractivity contribution is -0.135. The van der Waals surface area contributed by atoms with E-state index in [2.05, 4.69) is 10.1 Å². The summed E-state index contributed by atoms with van der Waals surface area (Å²) in [6.45, 7) is 4.42. The number of pyridine rings is 1. The highest BCUT2D eigenvalue weighted by molar-refractivity contribution is 5.92. The Hall–Kier alpha value is -2.64. The number of rotatable bonds is 4. The van der Waals surface area contributed by atoms with Gasteiger partial charge in [0.25, 0.3) is 0 Å². The minimum atomic E-state index is -1.20. The lowest BCUT2D eigenvalue weighted by atomic mass is 10.2. The van der Waals surface area contributed by atoms with Crippen molar-refractivity contribution < 1.29 is 24.6 Å². The molecular weight excluding hydrogens is 278 g/mol. The number of oxime groups is 1. The Balaban J connectivity index is 3.10. The van der Waals surface area contributed by atoms with Gasteiger partial charge in [-0.2, -0.15) is 0 Å². The normalized spacial score (nSPS) is 11.4. The molecular formula is C13H17N3O5. The van der Waals surface area contributed by atoms with Gasteiger partial charge in [0.15, 0.2) is 0 Å². The fraction of sp³-hybridized carbons (Fsp3) is 0.385. The maximum Gasteiger partial charge on any atom is 0.416 e. The lowest BCUT2D eigenvalue weighted by Gasteiger charge is -2.25. The molecule has 1 aromatic rings. The van der Waals surface area contributed by atoms with E-state index in [1.54, 1.807) is 26.8 Å². The molecule has 0 aliphatic carbocycles. The number of amides is 1. The van der Waals surface area contributed by atoms with Crippen LogP contribution in [0, 0.1) is 0 Å². The summed E-state index contributed by atoms with van der Waals surface area (Å²) < 4.78 is 5.16. The molecule has 1 aromatic heterocycles. The van der Waals surface area contributed by atoms with Gasteiger partial charge in [0.05, 0.1) is 11.9 Å². The minimum Gasteiger partial charge on any atom is -0.480 e. The van der Waals surface area contributed by atoms with Crippen LogP contribution >= 0.6 is 0 Å². The summed E-state index contributed by atoms with van der Waals surface area (Å²) in [5.41, 5.74) is -0.494. The van der Waals surface area contributed by atoms with Crippen molar-refractivity contribution in [2.45, 2.75) is 26.4 Å². The van der Waals surface area contributed by atoms with Gasteiger partial charge in [0.1, 0.15) is 18.0 Å². The summed E-state index contributed by atoms with van der Waals surface area (Å²) in [5.74, 6) is -1.12. The standard InChI is InChI=1S/C13H17N3O5/c1-13(2,3)21-12(19)16(8-11(17)18)10-6-4-5-9(15-10)7-14-20/h4-7,20H,8H2,1-3H3,(H,17,18)/b14-7-. The van der Waals surface area contributed by atoms with Crippen molar-refractivity contribution in [1.29, 1.82) is 0 Å². The summed E-state index contributed by atoms with van der Waals surface area (Å²) in [4.78, 5) is 27.9. The highest BCUT2D eigenvalue weighted by Gasteiger charge is 2.26. The lowest BCUT2D eigenvalue weighted by Crippen LogP contribution is -2.40. The summed E-state index contributed by atoms with van der Waals surface area (Å²) in [5, 5.41) is 20.2. The zero-order valence-corrected chi connectivity index (χ0v) is 12.0. The van der Waals surface area contributed by atoms with Crippen LogP contribution in [0.25, 0.3) is 0 Å². The molecule has 0 fully saturated rings. The number of nitrogens with zero attached hydrogens (tertiary/aromatic N) is 3. The fourth-order valence-corrected chi connectivity index (χ4v) is 1.41. The number of anilines is 1. The number of hydrogen-bond acceptors (Lipinski definition) is 6. The van der Waals surface area contributed by atoms with Gasteiger partial charge in [-0.25, -0.2) is 9.78 Å². The Morgan fingerprint density at radius 2 is 2.10 bits per heavy atom. The number of aliphatic carboxylic acids is 1. The zero-order chi connectivity index (χ0) is 16.0. The molecule has 0 aliphatic heterocycles. The number of carboxylic acid groups (broad SMARTS) is 1. The Morgan fingerprint density at radius 1 is 1.43 bits per heavy atom. The van der Waals surface area contributed by atoms with Crippen LogP contribution < -0.4 is 4.90 Å². The van der Waals surface area contributed by atoms with E-state index in [4.69, 9.17) is 15.1 Å². The van der Waals surface area contributed by atoms with Crippen molar-refractivity contribution in [3.63, 3.8) is 0 Å². The number of carbonyl (C=O) groups is 2. The molecule has 0 bridgehead atoms. The summed E-state index contributed by atoms with van der Waals surface area (Å²) in [7, 11) is 0. The maximum absolute atomic E-state index is 12.1. The number of aromatic nitrogens is 1. The summed E-state index contributed by atoms with van der Waals surface area (Å²) in [6, 6.07) is 4.55. The van der Waals surface area contributed by atoms with Crippen molar-refractivity contribution in [3.05, 3.63) is 23.9 Å². The topological polar surface area (TPSA) is 112 Å². The smallest absolute Gasteiger partial charge is 0.416 e. The van der Waals surface area contributed by atoms with Crippen molar-refractivity contribution in [2.24, 2.45) is 5.16 Å². The maximum atomic E-state index is 12.1. The Bertz CT molecular complexity index is 551. The van der Waals surface area contributed by atoms with E-state index in [9.17, 15) is 9.59 Å². The van der Waals surface area contributed by atoms with Gasteiger partial charge in [-0.15, -0.1) is 0 Å². The van der Waals surface area contributed by atoms with Crippen LogP contribution in [0.1, 0.15) is 26.5 Å². The first-order valence-corrected chi connectivity index (χ1v) is 6.10. The van der Waals surface area contributed by atoms with Crippen LogP contribution in [0.5, 0.6) is 0 Å². The Kier molecular flexibility index (Phi) is 5.23. The monoisotopic (exact) mass is 295 g/mol. The van der Waals surface area contributed by atoms with Crippen molar-refractivity contribution in [2.75, 3.05) is 11.4 Å². The first-order valence-electron chi connectivity index (χ1n) is 6.10. The molecule has 1 heterocycles. The van der Waals surface area contributed by atoms with Gasteiger partial charge in [0, 0.05) is 0 Å². The SMILES string of the molecule is CC(C)(C)OC(=O)N(CC(=O)O)c1cccc(/C=N\O)n1. The van der Waals surface area contributed by atoms with Crippen molar-refractivity contribution >= 4 is 24.1 Å². The molecule has 0 saturated carbocycles. The molecule has 0 radical (unpaired) electrons. The second-order valence-electron chi connectivity index (χ2n) is 5.13. The van der Waals surface area contributed by atoms with E-state index in [0.29, 0.717) is 0 Å². The van der Waals surface area contributed by atoms with E-state index in [-0.39, 0.29) is 11.5 Å². The van der Waals surface area contributed by atoms with E-state index in [1.807, 2.05) is 0 Å². The van der Waals surface area contributed by atoms with Gasteiger partial charge < -0.3 is 15.1 Å². The first kappa shape index (κ1) is 16.4. The number of ether oxygens (including phenoxy) is 1. The molecule has 1 amide bonds. The van der Waals surface area contributed by atoms with E-state index in [0.717, 1.165) is 11.1 Å². The molecule has 114 valence electrons. The van der Waals surface area contributed by atoms with Gasteiger partial charge in [-0.1, -0.05) is 11.2 Å². The third-order valence-electron chi connectivity index (χ3n) is 2.13. The van der Waals surface area contributed by atoms with Gasteiger partial charge in [-0.3, -0.25) is 9.69 Å². The van der Waals surface area contributed by atoms with Crippen LogP contribution in [0.3, 0.4) is 0 Å². The fourth-order valence-electron chi connectivity index (χ4n) is 1.41. The highest BCUT2D eigenvalue weighted by Crippen LogP contribution is 2.16. The number of carboxylic acids is 1.